The summed E-state index contributed by atoms with van der Waals surface area (Å²) < 4.78 is 0. The number of anilines is 1. The standard InChI is InChI=1S/C11H9Cl2N.C7H6N4.C2H6/c1-2-8-6-7-4-3-5-9(12)10(7)11(13)14-8;8-7-6-5(10-4-11-7)2-1-3-9-6;1-2/h3-6H,2H2,1H3;1-4H,(H2,8,10,11);1-2H3. The number of nitrogen functional groups attached to an aromatic ring is 1. The molecule has 0 spiro atoms. The minimum atomic E-state index is 0.426. The van der Waals surface area contributed by atoms with Gasteiger partial charge in [0.15, 0.2) is 5.82 Å². The summed E-state index contributed by atoms with van der Waals surface area (Å²) in [5, 5.41) is 3.04. The summed E-state index contributed by atoms with van der Waals surface area (Å²) in [6, 6.07) is 11.4. The van der Waals surface area contributed by atoms with Crippen molar-refractivity contribution in [2.75, 3.05) is 5.73 Å². The Hall–Kier alpha value is -2.50. The van der Waals surface area contributed by atoms with Crippen LogP contribution in [-0.2, 0) is 6.42 Å². The number of hydrogen-bond acceptors (Lipinski definition) is 5. The molecule has 5 nitrogen and oxygen atoms in total. The van der Waals surface area contributed by atoms with E-state index in [-0.39, 0.29) is 0 Å². The first-order valence-electron chi connectivity index (χ1n) is 8.65. The molecule has 0 aliphatic heterocycles. The molecular weight excluding hydrogens is 381 g/mol. The minimum absolute atomic E-state index is 0.426. The maximum absolute atomic E-state index is 6.05. The second-order valence-electron chi connectivity index (χ2n) is 5.23. The largest absolute Gasteiger partial charge is 0.382 e. The van der Waals surface area contributed by atoms with Gasteiger partial charge in [-0.3, -0.25) is 4.98 Å². The number of fused-ring (bicyclic) bond motifs is 2. The average molecular weight is 402 g/mol. The van der Waals surface area contributed by atoms with Gasteiger partial charge in [0.1, 0.15) is 17.0 Å². The Morgan fingerprint density at radius 2 is 1.78 bits per heavy atom. The van der Waals surface area contributed by atoms with Crippen molar-refractivity contribution >= 4 is 50.8 Å². The van der Waals surface area contributed by atoms with Gasteiger partial charge >= 0.3 is 0 Å². The summed E-state index contributed by atoms with van der Waals surface area (Å²) in [4.78, 5) is 16.1. The van der Waals surface area contributed by atoms with Gasteiger partial charge in [0.25, 0.3) is 0 Å². The van der Waals surface area contributed by atoms with Crippen LogP contribution in [0.2, 0.25) is 10.2 Å². The van der Waals surface area contributed by atoms with Crippen molar-refractivity contribution in [2.45, 2.75) is 27.2 Å². The fourth-order valence-corrected chi connectivity index (χ4v) is 3.01. The highest BCUT2D eigenvalue weighted by atomic mass is 35.5. The Labute approximate surface area is 168 Å². The van der Waals surface area contributed by atoms with Gasteiger partial charge in [-0.1, -0.05) is 56.1 Å². The van der Waals surface area contributed by atoms with Crippen LogP contribution in [-0.4, -0.2) is 19.9 Å². The van der Waals surface area contributed by atoms with Crippen molar-refractivity contribution in [1.29, 1.82) is 0 Å². The number of nitrogens with two attached hydrogens (primary N) is 1. The van der Waals surface area contributed by atoms with Gasteiger partial charge in [0.2, 0.25) is 0 Å². The molecule has 0 saturated carbocycles. The molecule has 4 rings (SSSR count). The Balaban J connectivity index is 0.000000181. The zero-order chi connectivity index (χ0) is 19.8. The molecule has 27 heavy (non-hydrogen) atoms. The smallest absolute Gasteiger partial charge is 0.153 e. The normalized spacial score (nSPS) is 9.96. The van der Waals surface area contributed by atoms with Crippen LogP contribution in [0.1, 0.15) is 26.5 Å². The van der Waals surface area contributed by atoms with Crippen molar-refractivity contribution < 1.29 is 0 Å². The number of benzene rings is 1. The van der Waals surface area contributed by atoms with Crippen LogP contribution in [0.3, 0.4) is 0 Å². The molecule has 0 unspecified atom stereocenters. The van der Waals surface area contributed by atoms with E-state index in [1.165, 1.54) is 6.33 Å². The maximum atomic E-state index is 6.05. The Bertz CT molecular complexity index is 1030. The number of nitrogens with zero attached hydrogens (tertiary/aromatic N) is 4. The number of hydrogen-bond donors (Lipinski definition) is 1. The minimum Gasteiger partial charge on any atom is -0.382 e. The first-order chi connectivity index (χ1) is 13.1. The van der Waals surface area contributed by atoms with Crippen LogP contribution in [0, 0.1) is 0 Å². The average Bonchev–Trinajstić information content (AvgIpc) is 2.70. The van der Waals surface area contributed by atoms with E-state index in [0.717, 1.165) is 28.4 Å². The third kappa shape index (κ3) is 5.02. The number of rotatable bonds is 1. The van der Waals surface area contributed by atoms with Gasteiger partial charge in [-0.25, -0.2) is 15.0 Å². The number of aromatic nitrogens is 4. The molecule has 2 N–H and O–H groups in total. The van der Waals surface area contributed by atoms with Crippen LogP contribution in [0.5, 0.6) is 0 Å². The Morgan fingerprint density at radius 3 is 2.48 bits per heavy atom. The second kappa shape index (κ2) is 10.00. The lowest BCUT2D eigenvalue weighted by atomic mass is 10.1. The van der Waals surface area contributed by atoms with Crippen LogP contribution < -0.4 is 5.73 Å². The molecule has 1 aromatic carbocycles. The number of pyridine rings is 2. The predicted molar refractivity (Wildman–Crippen MR) is 114 cm³/mol. The molecule has 0 fully saturated rings. The molecule has 0 bridgehead atoms. The fraction of sp³-hybridized carbons (Fsp3) is 0.200. The van der Waals surface area contributed by atoms with Crippen molar-refractivity contribution in [1.82, 2.24) is 19.9 Å². The summed E-state index contributed by atoms with van der Waals surface area (Å²) in [5.41, 5.74) is 7.97. The van der Waals surface area contributed by atoms with Gasteiger partial charge in [0, 0.05) is 17.3 Å². The molecular formula is C20H21Cl2N5. The molecule has 0 atom stereocenters. The summed E-state index contributed by atoms with van der Waals surface area (Å²) in [6.07, 6.45) is 3.98. The highest BCUT2D eigenvalue weighted by molar-refractivity contribution is 6.41. The molecule has 0 amide bonds. The summed E-state index contributed by atoms with van der Waals surface area (Å²) in [5.74, 6) is 0.426. The summed E-state index contributed by atoms with van der Waals surface area (Å²) in [6.45, 7) is 6.05. The van der Waals surface area contributed by atoms with Crippen molar-refractivity contribution in [3.05, 3.63) is 64.8 Å². The molecule has 3 aromatic heterocycles. The molecule has 3 heterocycles. The molecule has 0 radical (unpaired) electrons. The van der Waals surface area contributed by atoms with Gasteiger partial charge in [-0.15, -0.1) is 0 Å². The van der Waals surface area contributed by atoms with E-state index in [1.807, 2.05) is 50.2 Å². The first kappa shape index (κ1) is 20.8. The van der Waals surface area contributed by atoms with E-state index in [9.17, 15) is 0 Å². The van der Waals surface area contributed by atoms with Crippen molar-refractivity contribution in [2.24, 2.45) is 0 Å². The topological polar surface area (TPSA) is 77.6 Å². The van der Waals surface area contributed by atoms with E-state index >= 15 is 0 Å². The zero-order valence-corrected chi connectivity index (χ0v) is 17.0. The van der Waals surface area contributed by atoms with Gasteiger partial charge in [0.05, 0.1) is 10.5 Å². The van der Waals surface area contributed by atoms with E-state index in [0.29, 0.717) is 21.5 Å². The number of halogens is 2. The molecule has 4 aromatic rings. The SMILES string of the molecule is CC.CCc1cc2cccc(Cl)c2c(Cl)n1.Nc1ncnc2cccnc12. The summed E-state index contributed by atoms with van der Waals surface area (Å²) in [7, 11) is 0. The van der Waals surface area contributed by atoms with Crippen LogP contribution in [0.15, 0.2) is 48.9 Å². The summed E-state index contributed by atoms with van der Waals surface area (Å²) >= 11 is 12.1. The van der Waals surface area contributed by atoms with Gasteiger partial charge in [-0.05, 0) is 36.1 Å². The lowest BCUT2D eigenvalue weighted by Gasteiger charge is -2.04. The Kier molecular flexibility index (Phi) is 7.70. The monoisotopic (exact) mass is 401 g/mol. The third-order valence-corrected chi connectivity index (χ3v) is 4.19. The zero-order valence-electron chi connectivity index (χ0n) is 15.4. The molecule has 0 aliphatic rings. The van der Waals surface area contributed by atoms with Crippen LogP contribution >= 0.6 is 23.2 Å². The Morgan fingerprint density at radius 1 is 1.00 bits per heavy atom. The van der Waals surface area contributed by atoms with Gasteiger partial charge in [-0.2, -0.15) is 0 Å². The predicted octanol–water partition coefficient (Wildman–Crippen LogP) is 5.74. The lowest BCUT2D eigenvalue weighted by Crippen LogP contribution is -1.94. The highest BCUT2D eigenvalue weighted by Crippen LogP contribution is 2.29. The van der Waals surface area contributed by atoms with E-state index < -0.39 is 0 Å². The lowest BCUT2D eigenvalue weighted by molar-refractivity contribution is 1.05. The first-order valence-corrected chi connectivity index (χ1v) is 9.40. The second-order valence-corrected chi connectivity index (χ2v) is 5.99. The highest BCUT2D eigenvalue weighted by Gasteiger charge is 2.06. The van der Waals surface area contributed by atoms with E-state index in [4.69, 9.17) is 28.9 Å². The van der Waals surface area contributed by atoms with Gasteiger partial charge < -0.3 is 5.73 Å². The fourth-order valence-electron chi connectivity index (χ4n) is 2.37. The third-order valence-electron chi connectivity index (χ3n) is 3.60. The van der Waals surface area contributed by atoms with Crippen molar-refractivity contribution in [3.63, 3.8) is 0 Å². The maximum Gasteiger partial charge on any atom is 0.153 e. The number of aryl methyl sites for hydroxylation is 1. The molecule has 0 saturated heterocycles. The van der Waals surface area contributed by atoms with E-state index in [2.05, 4.69) is 26.9 Å². The van der Waals surface area contributed by atoms with Crippen molar-refractivity contribution in [3.8, 4) is 0 Å². The van der Waals surface area contributed by atoms with Crippen LogP contribution in [0.4, 0.5) is 5.82 Å². The molecule has 0 aliphatic carbocycles. The quantitative estimate of drug-likeness (QED) is 0.411. The van der Waals surface area contributed by atoms with Crippen LogP contribution in [0.25, 0.3) is 21.8 Å². The van der Waals surface area contributed by atoms with E-state index in [1.54, 1.807) is 6.20 Å². The molecule has 7 heteroatoms. The molecule has 140 valence electrons.